The van der Waals surface area contributed by atoms with Crippen LogP contribution in [0.1, 0.15) is 24.5 Å². The molecule has 0 saturated carbocycles. The second kappa shape index (κ2) is 11.0. The van der Waals surface area contributed by atoms with Gasteiger partial charge in [0.2, 0.25) is 0 Å². The van der Waals surface area contributed by atoms with Crippen LogP contribution < -0.4 is 20.1 Å². The van der Waals surface area contributed by atoms with Crippen molar-refractivity contribution in [3.8, 4) is 11.5 Å². The van der Waals surface area contributed by atoms with Gasteiger partial charge in [-0.3, -0.25) is 4.99 Å². The largest absolute Gasteiger partial charge is 0.496 e. The zero-order valence-electron chi connectivity index (χ0n) is 15.9. The molecule has 0 atom stereocenters. The fraction of sp³-hybridized carbons (Fsp3) is 0.381. The Hall–Kier alpha value is -2.69. The molecule has 0 fully saturated rings. The Bertz CT molecular complexity index is 701. The molecule has 0 heterocycles. The van der Waals surface area contributed by atoms with Crippen molar-refractivity contribution < 1.29 is 9.47 Å². The molecule has 0 aromatic heterocycles. The van der Waals surface area contributed by atoms with Crippen LogP contribution in [0.5, 0.6) is 11.5 Å². The Morgan fingerprint density at radius 3 is 2.69 bits per heavy atom. The number of guanidine groups is 1. The summed E-state index contributed by atoms with van der Waals surface area (Å²) in [6.45, 7) is 4.31. The van der Waals surface area contributed by atoms with E-state index in [1.165, 1.54) is 5.56 Å². The number of benzene rings is 2. The molecule has 26 heavy (non-hydrogen) atoms. The van der Waals surface area contributed by atoms with Gasteiger partial charge in [-0.25, -0.2) is 0 Å². The molecule has 0 spiro atoms. The third-order valence-electron chi connectivity index (χ3n) is 3.94. The lowest BCUT2D eigenvalue weighted by molar-refractivity contribution is 0.317. The van der Waals surface area contributed by atoms with Crippen molar-refractivity contribution in [2.45, 2.75) is 26.3 Å². The van der Waals surface area contributed by atoms with Gasteiger partial charge in [0.25, 0.3) is 0 Å². The molecule has 2 aromatic carbocycles. The summed E-state index contributed by atoms with van der Waals surface area (Å²) < 4.78 is 11.1. The Morgan fingerprint density at radius 1 is 1.08 bits per heavy atom. The van der Waals surface area contributed by atoms with E-state index in [0.29, 0.717) is 6.54 Å². The third kappa shape index (κ3) is 6.31. The predicted molar refractivity (Wildman–Crippen MR) is 107 cm³/mol. The molecule has 0 aliphatic rings. The third-order valence-corrected chi connectivity index (χ3v) is 3.94. The van der Waals surface area contributed by atoms with Crippen molar-refractivity contribution in [1.29, 1.82) is 0 Å². The molecule has 2 aromatic rings. The van der Waals surface area contributed by atoms with Crippen LogP contribution in [0.15, 0.2) is 53.5 Å². The highest BCUT2D eigenvalue weighted by Gasteiger charge is 2.03. The zero-order chi connectivity index (χ0) is 18.6. The molecule has 5 heteroatoms. The van der Waals surface area contributed by atoms with E-state index in [0.717, 1.165) is 49.0 Å². The Labute approximate surface area is 156 Å². The maximum atomic E-state index is 5.69. The van der Waals surface area contributed by atoms with Crippen LogP contribution in [0.2, 0.25) is 0 Å². The Balaban J connectivity index is 1.80. The van der Waals surface area contributed by atoms with Crippen molar-refractivity contribution in [2.75, 3.05) is 27.3 Å². The molecule has 0 aliphatic heterocycles. The van der Waals surface area contributed by atoms with E-state index < -0.39 is 0 Å². The molecule has 2 rings (SSSR count). The van der Waals surface area contributed by atoms with E-state index in [9.17, 15) is 0 Å². The summed E-state index contributed by atoms with van der Waals surface area (Å²) in [4.78, 5) is 4.28. The number of aliphatic imine (C=N–C) groups is 1. The highest BCUT2D eigenvalue weighted by atomic mass is 16.5. The number of rotatable bonds is 9. The van der Waals surface area contributed by atoms with Gasteiger partial charge < -0.3 is 20.1 Å². The van der Waals surface area contributed by atoms with Gasteiger partial charge in [-0.15, -0.1) is 0 Å². The molecule has 0 radical (unpaired) electrons. The van der Waals surface area contributed by atoms with Crippen LogP contribution in [0.25, 0.3) is 0 Å². The number of methoxy groups -OCH3 is 1. The normalized spacial score (nSPS) is 11.1. The van der Waals surface area contributed by atoms with Gasteiger partial charge in [0.1, 0.15) is 11.5 Å². The van der Waals surface area contributed by atoms with Crippen LogP contribution in [-0.4, -0.2) is 33.3 Å². The van der Waals surface area contributed by atoms with Gasteiger partial charge >= 0.3 is 0 Å². The van der Waals surface area contributed by atoms with Crippen LogP contribution in [-0.2, 0) is 13.0 Å². The summed E-state index contributed by atoms with van der Waals surface area (Å²) in [5.74, 6) is 2.58. The maximum Gasteiger partial charge on any atom is 0.191 e. The first kappa shape index (κ1) is 19.6. The van der Waals surface area contributed by atoms with Crippen LogP contribution in [0.4, 0.5) is 0 Å². The van der Waals surface area contributed by atoms with Gasteiger partial charge in [-0.1, -0.05) is 37.3 Å². The fourth-order valence-electron chi connectivity index (χ4n) is 2.58. The second-order valence-electron chi connectivity index (χ2n) is 5.91. The molecule has 0 amide bonds. The summed E-state index contributed by atoms with van der Waals surface area (Å²) in [7, 11) is 3.46. The lowest BCUT2D eigenvalue weighted by Gasteiger charge is -2.14. The van der Waals surface area contributed by atoms with Gasteiger partial charge in [0, 0.05) is 25.7 Å². The lowest BCUT2D eigenvalue weighted by atomic mass is 10.1. The first-order valence-electron chi connectivity index (χ1n) is 9.05. The number of hydrogen-bond acceptors (Lipinski definition) is 3. The van der Waals surface area contributed by atoms with Crippen LogP contribution in [0.3, 0.4) is 0 Å². The van der Waals surface area contributed by atoms with Crippen molar-refractivity contribution in [1.82, 2.24) is 10.6 Å². The minimum absolute atomic E-state index is 0.657. The second-order valence-corrected chi connectivity index (χ2v) is 5.91. The van der Waals surface area contributed by atoms with Gasteiger partial charge in [0.15, 0.2) is 5.96 Å². The van der Waals surface area contributed by atoms with Crippen LogP contribution in [0, 0.1) is 0 Å². The lowest BCUT2D eigenvalue weighted by Crippen LogP contribution is -2.37. The highest BCUT2D eigenvalue weighted by molar-refractivity contribution is 5.79. The average molecular weight is 355 g/mol. The van der Waals surface area contributed by atoms with E-state index in [-0.39, 0.29) is 0 Å². The summed E-state index contributed by atoms with van der Waals surface area (Å²) in [5.41, 5.74) is 2.34. The summed E-state index contributed by atoms with van der Waals surface area (Å²) >= 11 is 0. The van der Waals surface area contributed by atoms with Crippen molar-refractivity contribution >= 4 is 5.96 Å². The summed E-state index contributed by atoms with van der Waals surface area (Å²) in [6, 6.07) is 16.2. The van der Waals surface area contributed by atoms with Gasteiger partial charge in [-0.05, 0) is 36.6 Å². The topological polar surface area (TPSA) is 54.9 Å². The van der Waals surface area contributed by atoms with Gasteiger partial charge in [-0.2, -0.15) is 0 Å². The highest BCUT2D eigenvalue weighted by Crippen LogP contribution is 2.16. The smallest absolute Gasteiger partial charge is 0.191 e. The Morgan fingerprint density at radius 2 is 1.92 bits per heavy atom. The van der Waals surface area contributed by atoms with E-state index in [4.69, 9.17) is 9.47 Å². The molecule has 0 aliphatic carbocycles. The number of ether oxygens (including phenoxy) is 2. The molecular formula is C21H29N3O2. The summed E-state index contributed by atoms with van der Waals surface area (Å²) in [6.07, 6.45) is 1.92. The quantitative estimate of drug-likeness (QED) is 0.535. The zero-order valence-corrected chi connectivity index (χ0v) is 15.9. The van der Waals surface area contributed by atoms with Gasteiger partial charge in [0.05, 0.1) is 13.7 Å². The minimum atomic E-state index is 0.657. The molecular weight excluding hydrogens is 326 g/mol. The molecule has 5 nitrogen and oxygen atoms in total. The van der Waals surface area contributed by atoms with E-state index in [2.05, 4.69) is 34.7 Å². The molecule has 140 valence electrons. The first-order valence-corrected chi connectivity index (χ1v) is 9.05. The maximum absolute atomic E-state index is 5.69. The van der Waals surface area contributed by atoms with Crippen molar-refractivity contribution in [2.24, 2.45) is 4.99 Å². The standard InChI is InChI=1S/C21H29N3O2/c1-4-14-26-19-10-7-8-17(15-19)12-13-23-21(22-2)24-16-18-9-5-6-11-20(18)25-3/h5-11,15H,4,12-14,16H2,1-3H3,(H2,22,23,24). The van der Waals surface area contributed by atoms with E-state index >= 15 is 0 Å². The Kier molecular flexibility index (Phi) is 8.33. The van der Waals surface area contributed by atoms with E-state index in [1.807, 2.05) is 36.4 Å². The van der Waals surface area contributed by atoms with Crippen molar-refractivity contribution in [3.05, 3.63) is 59.7 Å². The number of hydrogen-bond donors (Lipinski definition) is 2. The predicted octanol–water partition coefficient (Wildman–Crippen LogP) is 3.39. The molecule has 0 unspecified atom stereocenters. The van der Waals surface area contributed by atoms with E-state index in [1.54, 1.807) is 14.2 Å². The SMILES string of the molecule is CCCOc1cccc(CCNC(=NC)NCc2ccccc2OC)c1. The monoisotopic (exact) mass is 355 g/mol. The minimum Gasteiger partial charge on any atom is -0.496 e. The fourth-order valence-corrected chi connectivity index (χ4v) is 2.58. The number of nitrogens with zero attached hydrogens (tertiary/aromatic N) is 1. The molecule has 2 N–H and O–H groups in total. The number of nitrogens with one attached hydrogen (secondary N) is 2. The van der Waals surface area contributed by atoms with Crippen molar-refractivity contribution in [3.63, 3.8) is 0 Å². The average Bonchev–Trinajstić information content (AvgIpc) is 2.69. The molecule has 0 saturated heterocycles. The molecule has 0 bridgehead atoms. The summed E-state index contributed by atoms with van der Waals surface area (Å²) in [5, 5.41) is 6.67. The number of para-hydroxylation sites is 1. The first-order chi connectivity index (χ1) is 12.8. The van der Waals surface area contributed by atoms with Crippen LogP contribution >= 0.6 is 0 Å².